The molecule has 1 aromatic heterocycles. The molecule has 1 aliphatic heterocycles. The van der Waals surface area contributed by atoms with Crippen molar-refractivity contribution in [3.8, 4) is 0 Å². The number of thiophene rings is 1. The maximum absolute atomic E-state index is 12.6. The summed E-state index contributed by atoms with van der Waals surface area (Å²) in [6.07, 6.45) is 0.851. The number of hydrogen-bond donors (Lipinski definition) is 2. The first kappa shape index (κ1) is 20.0. The van der Waals surface area contributed by atoms with E-state index in [4.69, 9.17) is 0 Å². The van der Waals surface area contributed by atoms with Gasteiger partial charge in [-0.05, 0) is 23.4 Å². The van der Waals surface area contributed by atoms with Gasteiger partial charge in [0.1, 0.15) is 0 Å². The van der Waals surface area contributed by atoms with E-state index in [2.05, 4.69) is 11.4 Å². The fraction of sp³-hybridized carbons (Fsp3) is 0.421. The zero-order valence-corrected chi connectivity index (χ0v) is 16.9. The van der Waals surface area contributed by atoms with E-state index in [1.807, 2.05) is 41.8 Å². The van der Waals surface area contributed by atoms with Crippen LogP contribution in [0, 0.1) is 0 Å². The Morgan fingerprint density at radius 2 is 1.85 bits per heavy atom. The van der Waals surface area contributed by atoms with Crippen LogP contribution in [0.1, 0.15) is 10.4 Å². The number of sulfonamides is 1. The smallest absolute Gasteiger partial charge is 0.275 e. The number of carbonyl (C=O) groups is 1. The predicted molar refractivity (Wildman–Crippen MR) is 107 cm³/mol. The van der Waals surface area contributed by atoms with E-state index < -0.39 is 10.0 Å². The van der Waals surface area contributed by atoms with Crippen molar-refractivity contribution in [2.24, 2.45) is 0 Å². The van der Waals surface area contributed by atoms with Crippen LogP contribution in [-0.4, -0.2) is 57.9 Å². The molecule has 0 saturated carbocycles. The second-order valence-corrected chi connectivity index (χ2v) is 9.75. The van der Waals surface area contributed by atoms with Gasteiger partial charge in [-0.2, -0.15) is 4.31 Å². The highest BCUT2D eigenvalue weighted by Crippen LogP contribution is 2.10. The molecule has 8 heteroatoms. The van der Waals surface area contributed by atoms with Crippen molar-refractivity contribution in [1.29, 1.82) is 0 Å². The topological polar surface area (TPSA) is 70.9 Å². The Bertz CT molecular complexity index is 815. The maximum atomic E-state index is 12.6. The number of carbonyl (C=O) groups excluding carboxylic acids is 1. The van der Waals surface area contributed by atoms with Crippen molar-refractivity contribution < 1.29 is 18.1 Å². The summed E-state index contributed by atoms with van der Waals surface area (Å²) in [6, 6.07) is 13.3. The lowest BCUT2D eigenvalue weighted by Gasteiger charge is -2.31. The van der Waals surface area contributed by atoms with Crippen LogP contribution in [0.5, 0.6) is 0 Å². The molecule has 1 aromatic carbocycles. The van der Waals surface area contributed by atoms with E-state index in [-0.39, 0.29) is 11.7 Å². The van der Waals surface area contributed by atoms with Gasteiger partial charge in [0.2, 0.25) is 10.0 Å². The third-order valence-corrected chi connectivity index (χ3v) is 7.49. The van der Waals surface area contributed by atoms with Crippen LogP contribution < -0.4 is 10.2 Å². The minimum Gasteiger partial charge on any atom is -0.351 e. The normalized spacial score (nSPS) is 16.3. The summed E-state index contributed by atoms with van der Waals surface area (Å²) in [7, 11) is -3.31. The Balaban J connectivity index is 1.39. The predicted octanol–water partition coefficient (Wildman–Crippen LogP) is 0.137. The van der Waals surface area contributed by atoms with E-state index in [1.54, 1.807) is 15.6 Å². The molecule has 1 aliphatic rings. The van der Waals surface area contributed by atoms with Crippen LogP contribution in [0.25, 0.3) is 0 Å². The fourth-order valence-electron chi connectivity index (χ4n) is 3.20. The summed E-state index contributed by atoms with van der Waals surface area (Å²) in [5.41, 5.74) is 0.803. The molecule has 3 rings (SSSR count). The molecule has 1 amide bonds. The van der Waals surface area contributed by atoms with Crippen molar-refractivity contribution in [1.82, 2.24) is 9.62 Å². The minimum atomic E-state index is -3.31. The highest BCUT2D eigenvalue weighted by atomic mass is 32.2. The van der Waals surface area contributed by atoms with Crippen LogP contribution in [-0.2, 0) is 27.0 Å². The van der Waals surface area contributed by atoms with Crippen molar-refractivity contribution in [3.05, 3.63) is 58.3 Å². The first-order chi connectivity index (χ1) is 13.0. The van der Waals surface area contributed by atoms with E-state index >= 15 is 0 Å². The zero-order chi connectivity index (χ0) is 19.1. The molecule has 1 fully saturated rings. The van der Waals surface area contributed by atoms with E-state index in [0.29, 0.717) is 39.3 Å². The van der Waals surface area contributed by atoms with Gasteiger partial charge in [-0.3, -0.25) is 4.79 Å². The minimum absolute atomic E-state index is 0.0298. The van der Waals surface area contributed by atoms with Crippen LogP contribution >= 0.6 is 11.3 Å². The van der Waals surface area contributed by atoms with Crippen LogP contribution in [0.4, 0.5) is 0 Å². The SMILES string of the molecule is O=C(C[NH+]1CCN(S(=O)(=O)Cc2ccccc2)CC1)NCCc1cccs1. The standard InChI is InChI=1S/C19H25N3O3S2/c23-19(20-9-8-18-7-4-14-26-18)15-21-10-12-22(13-11-21)27(24,25)16-17-5-2-1-3-6-17/h1-7,14H,8-13,15-16H2,(H,20,23)/p+1. The third kappa shape index (κ3) is 6.14. The van der Waals surface area contributed by atoms with Crippen LogP contribution in [0.2, 0.25) is 0 Å². The van der Waals surface area contributed by atoms with Gasteiger partial charge in [0.25, 0.3) is 5.91 Å². The highest BCUT2D eigenvalue weighted by molar-refractivity contribution is 7.88. The Morgan fingerprint density at radius 1 is 1.11 bits per heavy atom. The zero-order valence-electron chi connectivity index (χ0n) is 15.3. The van der Waals surface area contributed by atoms with Crippen molar-refractivity contribution in [3.63, 3.8) is 0 Å². The Hall–Kier alpha value is -1.74. The molecule has 27 heavy (non-hydrogen) atoms. The number of hydrogen-bond acceptors (Lipinski definition) is 4. The number of piperazine rings is 1. The molecule has 0 atom stereocenters. The molecule has 0 spiro atoms. The molecule has 1 saturated heterocycles. The van der Waals surface area contributed by atoms with Crippen molar-refractivity contribution in [2.45, 2.75) is 12.2 Å². The summed E-state index contributed by atoms with van der Waals surface area (Å²) in [4.78, 5) is 14.5. The number of nitrogens with one attached hydrogen (secondary N) is 2. The fourth-order valence-corrected chi connectivity index (χ4v) is 5.45. The number of benzene rings is 1. The number of nitrogens with zero attached hydrogens (tertiary/aromatic N) is 1. The number of quaternary nitrogens is 1. The quantitative estimate of drug-likeness (QED) is 0.653. The first-order valence-electron chi connectivity index (χ1n) is 9.17. The second-order valence-electron chi connectivity index (χ2n) is 6.75. The number of amides is 1. The molecule has 146 valence electrons. The molecular formula is C19H26N3O3S2+. The van der Waals surface area contributed by atoms with Gasteiger partial charge in [-0.1, -0.05) is 36.4 Å². The maximum Gasteiger partial charge on any atom is 0.275 e. The summed E-state index contributed by atoms with van der Waals surface area (Å²) in [5.74, 6) is 0.0639. The van der Waals surface area contributed by atoms with Gasteiger partial charge in [-0.15, -0.1) is 11.3 Å². The first-order valence-corrected chi connectivity index (χ1v) is 11.7. The van der Waals surface area contributed by atoms with Crippen LogP contribution in [0.3, 0.4) is 0 Å². The molecule has 2 aromatic rings. The van der Waals surface area contributed by atoms with Gasteiger partial charge >= 0.3 is 0 Å². The lowest BCUT2D eigenvalue weighted by molar-refractivity contribution is -0.895. The molecule has 0 radical (unpaired) electrons. The van der Waals surface area contributed by atoms with Gasteiger partial charge in [0, 0.05) is 11.4 Å². The molecule has 0 aliphatic carbocycles. The summed E-state index contributed by atoms with van der Waals surface area (Å²) < 4.78 is 26.7. The largest absolute Gasteiger partial charge is 0.351 e. The van der Waals surface area contributed by atoms with Gasteiger partial charge in [0.15, 0.2) is 6.54 Å². The van der Waals surface area contributed by atoms with Gasteiger partial charge in [0.05, 0.1) is 31.9 Å². The monoisotopic (exact) mass is 408 g/mol. The van der Waals surface area contributed by atoms with E-state index in [1.165, 1.54) is 4.88 Å². The lowest BCUT2D eigenvalue weighted by atomic mass is 10.2. The van der Waals surface area contributed by atoms with Crippen molar-refractivity contribution >= 4 is 27.3 Å². The van der Waals surface area contributed by atoms with E-state index in [0.717, 1.165) is 16.9 Å². The Kier molecular flexibility index (Phi) is 7.01. The Morgan fingerprint density at radius 3 is 2.52 bits per heavy atom. The Labute approximate surface area is 164 Å². The highest BCUT2D eigenvalue weighted by Gasteiger charge is 2.29. The molecule has 0 bridgehead atoms. The summed E-state index contributed by atoms with van der Waals surface area (Å²) in [6.45, 7) is 3.29. The van der Waals surface area contributed by atoms with Crippen LogP contribution in [0.15, 0.2) is 47.8 Å². The molecule has 2 N–H and O–H groups in total. The number of rotatable bonds is 8. The summed E-state index contributed by atoms with van der Waals surface area (Å²) >= 11 is 1.69. The lowest BCUT2D eigenvalue weighted by Crippen LogP contribution is -3.15. The molecular weight excluding hydrogens is 382 g/mol. The average molecular weight is 409 g/mol. The average Bonchev–Trinajstić information content (AvgIpc) is 3.16. The van der Waals surface area contributed by atoms with Gasteiger partial charge < -0.3 is 10.2 Å². The van der Waals surface area contributed by atoms with Crippen molar-refractivity contribution in [2.75, 3.05) is 39.3 Å². The summed E-state index contributed by atoms with van der Waals surface area (Å²) in [5, 5.41) is 4.99. The third-order valence-electron chi connectivity index (χ3n) is 4.70. The second kappa shape index (κ2) is 9.45. The van der Waals surface area contributed by atoms with E-state index in [9.17, 15) is 13.2 Å². The molecule has 6 nitrogen and oxygen atoms in total. The molecule has 0 unspecified atom stereocenters. The van der Waals surface area contributed by atoms with Gasteiger partial charge in [-0.25, -0.2) is 8.42 Å². The molecule has 2 heterocycles.